The van der Waals surface area contributed by atoms with Crippen LogP contribution in [0.15, 0.2) is 48.6 Å². The molecule has 0 unspecified atom stereocenters. The summed E-state index contributed by atoms with van der Waals surface area (Å²) in [4.78, 5) is 2.58. The lowest BCUT2D eigenvalue weighted by Crippen LogP contribution is -2.35. The van der Waals surface area contributed by atoms with Gasteiger partial charge in [0.15, 0.2) is 0 Å². The minimum atomic E-state index is 0.237. The second kappa shape index (κ2) is 36.7. The Morgan fingerprint density at radius 3 is 1.37 bits per heavy atom. The van der Waals surface area contributed by atoms with Gasteiger partial charge in [-0.2, -0.15) is 0 Å². The van der Waals surface area contributed by atoms with Crippen LogP contribution in [0, 0.1) is 0 Å². The molecular formula is C43H79NO2. The van der Waals surface area contributed by atoms with Crippen LogP contribution in [-0.4, -0.2) is 50.5 Å². The van der Waals surface area contributed by atoms with E-state index in [4.69, 9.17) is 9.47 Å². The molecule has 0 aromatic heterocycles. The first-order valence-corrected chi connectivity index (χ1v) is 20.4. The van der Waals surface area contributed by atoms with Gasteiger partial charge in [-0.05, 0) is 103 Å². The highest BCUT2D eigenvalue weighted by atomic mass is 16.5. The molecule has 3 nitrogen and oxygen atoms in total. The molecule has 268 valence electrons. The predicted molar refractivity (Wildman–Crippen MR) is 205 cm³/mol. The Balaban J connectivity index is 1.97. The molecule has 0 bridgehead atoms. The van der Waals surface area contributed by atoms with E-state index in [1.54, 1.807) is 0 Å². The van der Waals surface area contributed by atoms with Crippen LogP contribution in [0.4, 0.5) is 0 Å². The molecule has 1 heterocycles. The second-order valence-electron chi connectivity index (χ2n) is 13.7. The van der Waals surface area contributed by atoms with E-state index in [-0.39, 0.29) is 6.10 Å². The Kier molecular flexibility index (Phi) is 34.2. The highest BCUT2D eigenvalue weighted by Crippen LogP contribution is 2.13. The summed E-state index contributed by atoms with van der Waals surface area (Å²) in [6.45, 7) is 10.6. The zero-order valence-corrected chi connectivity index (χ0v) is 31.1. The number of rotatable bonds is 35. The Morgan fingerprint density at radius 1 is 0.478 bits per heavy atom. The molecule has 1 aliphatic rings. The van der Waals surface area contributed by atoms with Gasteiger partial charge >= 0.3 is 0 Å². The molecule has 46 heavy (non-hydrogen) atoms. The van der Waals surface area contributed by atoms with Crippen LogP contribution in [0.5, 0.6) is 0 Å². The Hall–Kier alpha value is -1.16. The third-order valence-electron chi connectivity index (χ3n) is 9.15. The van der Waals surface area contributed by atoms with Gasteiger partial charge in [0.25, 0.3) is 0 Å². The van der Waals surface area contributed by atoms with Gasteiger partial charge in [0.1, 0.15) is 0 Å². The van der Waals surface area contributed by atoms with Crippen molar-refractivity contribution in [1.29, 1.82) is 0 Å². The summed E-state index contributed by atoms with van der Waals surface area (Å²) in [5, 5.41) is 0. The second-order valence-corrected chi connectivity index (χ2v) is 13.7. The minimum Gasteiger partial charge on any atom is -0.379 e. The van der Waals surface area contributed by atoms with E-state index in [9.17, 15) is 0 Å². The lowest BCUT2D eigenvalue weighted by molar-refractivity contribution is -0.0316. The van der Waals surface area contributed by atoms with E-state index in [1.165, 1.54) is 167 Å². The summed E-state index contributed by atoms with van der Waals surface area (Å²) >= 11 is 0. The molecule has 1 atom stereocenters. The van der Waals surface area contributed by atoms with Crippen LogP contribution < -0.4 is 0 Å². The average Bonchev–Trinajstić information content (AvgIpc) is 3.58. The maximum atomic E-state index is 6.37. The van der Waals surface area contributed by atoms with Crippen molar-refractivity contribution in [1.82, 2.24) is 4.90 Å². The standard InChI is InChI=1S/C43H79NO2/c1-3-5-7-9-11-13-15-17-19-21-23-25-27-29-31-35-39-45-42-43(41-44-37-33-34-38-44)46-40-36-32-30-28-26-24-22-20-18-16-14-12-10-8-6-4-2/h11-14,17-20,43H,3-10,15-16,21-42H2,1-2H3/t43-/m1/s1. The first kappa shape index (κ1) is 42.9. The number of hydrogen-bond acceptors (Lipinski definition) is 3. The molecule has 0 saturated carbocycles. The van der Waals surface area contributed by atoms with Gasteiger partial charge < -0.3 is 14.4 Å². The van der Waals surface area contributed by atoms with E-state index in [0.29, 0.717) is 0 Å². The first-order valence-electron chi connectivity index (χ1n) is 20.4. The number of likely N-dealkylation sites (tertiary alicyclic amines) is 1. The molecule has 0 aliphatic carbocycles. The van der Waals surface area contributed by atoms with Gasteiger partial charge in [0, 0.05) is 19.8 Å². The van der Waals surface area contributed by atoms with Gasteiger partial charge in [-0.3, -0.25) is 0 Å². The van der Waals surface area contributed by atoms with Crippen LogP contribution in [0.1, 0.15) is 181 Å². The third kappa shape index (κ3) is 31.4. The molecule has 1 saturated heterocycles. The maximum absolute atomic E-state index is 6.37. The Morgan fingerprint density at radius 2 is 0.891 bits per heavy atom. The number of unbranched alkanes of at least 4 members (excludes halogenated alkanes) is 18. The molecule has 0 spiro atoms. The van der Waals surface area contributed by atoms with Crippen LogP contribution in [-0.2, 0) is 9.47 Å². The van der Waals surface area contributed by atoms with Crippen molar-refractivity contribution in [2.24, 2.45) is 0 Å². The molecule has 1 fully saturated rings. The van der Waals surface area contributed by atoms with Crippen molar-refractivity contribution in [3.8, 4) is 0 Å². The van der Waals surface area contributed by atoms with Crippen molar-refractivity contribution in [3.63, 3.8) is 0 Å². The molecule has 0 N–H and O–H groups in total. The van der Waals surface area contributed by atoms with Crippen LogP contribution in [0.3, 0.4) is 0 Å². The number of nitrogens with zero attached hydrogens (tertiary/aromatic N) is 1. The maximum Gasteiger partial charge on any atom is 0.0934 e. The van der Waals surface area contributed by atoms with Crippen molar-refractivity contribution < 1.29 is 9.47 Å². The van der Waals surface area contributed by atoms with Crippen LogP contribution >= 0.6 is 0 Å². The summed E-state index contributed by atoms with van der Waals surface area (Å²) in [6, 6.07) is 0. The quantitative estimate of drug-likeness (QED) is 0.0508. The lowest BCUT2D eigenvalue weighted by atomic mass is 10.1. The van der Waals surface area contributed by atoms with Crippen LogP contribution in [0.2, 0.25) is 0 Å². The fraction of sp³-hybridized carbons (Fsp3) is 0.814. The average molecular weight is 642 g/mol. The van der Waals surface area contributed by atoms with E-state index >= 15 is 0 Å². The molecule has 0 aromatic rings. The third-order valence-corrected chi connectivity index (χ3v) is 9.15. The topological polar surface area (TPSA) is 21.7 Å². The number of allylic oxidation sites excluding steroid dienone is 8. The smallest absolute Gasteiger partial charge is 0.0934 e. The van der Waals surface area contributed by atoms with Gasteiger partial charge in [0.2, 0.25) is 0 Å². The summed E-state index contributed by atoms with van der Waals surface area (Å²) in [5.74, 6) is 0. The monoisotopic (exact) mass is 642 g/mol. The van der Waals surface area contributed by atoms with Crippen molar-refractivity contribution in [3.05, 3.63) is 48.6 Å². The number of ether oxygens (including phenoxy) is 2. The Bertz CT molecular complexity index is 706. The van der Waals surface area contributed by atoms with Crippen LogP contribution in [0.25, 0.3) is 0 Å². The summed E-state index contributed by atoms with van der Waals surface area (Å²) in [6.07, 6.45) is 52.7. The largest absolute Gasteiger partial charge is 0.379 e. The highest BCUT2D eigenvalue weighted by Gasteiger charge is 2.18. The van der Waals surface area contributed by atoms with E-state index in [1.807, 2.05) is 0 Å². The molecule has 1 rings (SSSR count). The molecule has 0 aromatic carbocycles. The summed E-state index contributed by atoms with van der Waals surface area (Å²) in [7, 11) is 0. The highest BCUT2D eigenvalue weighted by molar-refractivity contribution is 4.93. The fourth-order valence-corrected chi connectivity index (χ4v) is 6.15. The van der Waals surface area contributed by atoms with Crippen molar-refractivity contribution in [2.75, 3.05) is 39.5 Å². The minimum absolute atomic E-state index is 0.237. The zero-order chi connectivity index (χ0) is 32.9. The van der Waals surface area contributed by atoms with Gasteiger partial charge in [0.05, 0.1) is 12.7 Å². The van der Waals surface area contributed by atoms with Crippen molar-refractivity contribution >= 4 is 0 Å². The Labute approximate surface area is 288 Å². The molecule has 3 heteroatoms. The van der Waals surface area contributed by atoms with Gasteiger partial charge in [-0.15, -0.1) is 0 Å². The van der Waals surface area contributed by atoms with Crippen molar-refractivity contribution in [2.45, 2.75) is 187 Å². The lowest BCUT2D eigenvalue weighted by Gasteiger charge is -2.24. The van der Waals surface area contributed by atoms with Gasteiger partial charge in [-0.1, -0.05) is 140 Å². The predicted octanol–water partition coefficient (Wildman–Crippen LogP) is 13.1. The molecule has 0 radical (unpaired) electrons. The van der Waals surface area contributed by atoms with E-state index in [0.717, 1.165) is 39.2 Å². The molecule has 1 aliphatic heterocycles. The van der Waals surface area contributed by atoms with E-state index in [2.05, 4.69) is 67.4 Å². The molecule has 0 amide bonds. The normalized spacial score (nSPS) is 15.2. The van der Waals surface area contributed by atoms with E-state index < -0.39 is 0 Å². The SMILES string of the molecule is CCCCCC=CCC=CCCCCCCCCOC[C@@H](CN1CCCC1)OCCCCCCCCC=CCC=CCCCCC. The number of hydrogen-bond donors (Lipinski definition) is 0. The van der Waals surface area contributed by atoms with Gasteiger partial charge in [-0.25, -0.2) is 0 Å². The molecular weight excluding hydrogens is 562 g/mol. The fourth-order valence-electron chi connectivity index (χ4n) is 6.15. The zero-order valence-electron chi connectivity index (χ0n) is 31.1. The summed E-state index contributed by atoms with van der Waals surface area (Å²) in [5.41, 5.74) is 0. The first-order chi connectivity index (χ1) is 22.9. The summed E-state index contributed by atoms with van der Waals surface area (Å²) < 4.78 is 12.5.